The zero-order valence-corrected chi connectivity index (χ0v) is 16.2. The van der Waals surface area contributed by atoms with E-state index in [4.69, 9.17) is 10.5 Å². The van der Waals surface area contributed by atoms with Crippen molar-refractivity contribution < 1.29 is 4.74 Å². The molecular formula is C17H28IN3O. The van der Waals surface area contributed by atoms with Crippen molar-refractivity contribution >= 4 is 29.9 Å². The number of guanidine groups is 1. The Bertz CT molecular complexity index is 497. The molecule has 1 heterocycles. The number of nitrogens with two attached hydrogens (primary N) is 1. The molecule has 1 fully saturated rings. The lowest BCUT2D eigenvalue weighted by Crippen LogP contribution is -2.42. The highest BCUT2D eigenvalue weighted by atomic mass is 127. The molecule has 22 heavy (non-hydrogen) atoms. The van der Waals surface area contributed by atoms with E-state index in [9.17, 15) is 0 Å². The molecule has 0 radical (unpaired) electrons. The van der Waals surface area contributed by atoms with Gasteiger partial charge in [-0.1, -0.05) is 19.1 Å². The van der Waals surface area contributed by atoms with Crippen LogP contribution in [0, 0.1) is 12.8 Å². The van der Waals surface area contributed by atoms with Crippen LogP contribution in [0.4, 0.5) is 0 Å². The van der Waals surface area contributed by atoms with Crippen molar-refractivity contribution in [2.45, 2.75) is 40.2 Å². The number of nitrogens with zero attached hydrogens (tertiary/aromatic N) is 2. The fourth-order valence-corrected chi connectivity index (χ4v) is 2.64. The molecule has 1 saturated heterocycles. The van der Waals surface area contributed by atoms with Gasteiger partial charge >= 0.3 is 0 Å². The fourth-order valence-electron chi connectivity index (χ4n) is 2.64. The maximum absolute atomic E-state index is 6.11. The Labute approximate surface area is 151 Å². The van der Waals surface area contributed by atoms with E-state index in [0.29, 0.717) is 19.1 Å². The molecule has 0 unspecified atom stereocenters. The molecule has 0 saturated carbocycles. The molecule has 0 spiro atoms. The first-order valence-corrected chi connectivity index (χ1v) is 7.87. The van der Waals surface area contributed by atoms with Gasteiger partial charge in [-0.3, -0.25) is 0 Å². The molecular weight excluding hydrogens is 389 g/mol. The molecule has 0 amide bonds. The van der Waals surface area contributed by atoms with Gasteiger partial charge in [0.1, 0.15) is 5.75 Å². The predicted molar refractivity (Wildman–Crippen MR) is 103 cm³/mol. The lowest BCUT2D eigenvalue weighted by Gasteiger charge is -2.31. The molecule has 2 rings (SSSR count). The third-order valence-electron chi connectivity index (χ3n) is 4.07. The van der Waals surface area contributed by atoms with Crippen LogP contribution >= 0.6 is 24.0 Å². The van der Waals surface area contributed by atoms with Crippen LogP contribution in [-0.4, -0.2) is 30.6 Å². The molecule has 1 aliphatic heterocycles. The number of halogens is 1. The van der Waals surface area contributed by atoms with Crippen molar-refractivity contribution in [2.24, 2.45) is 16.6 Å². The van der Waals surface area contributed by atoms with E-state index in [1.54, 1.807) is 0 Å². The largest absolute Gasteiger partial charge is 0.494 e. The van der Waals surface area contributed by atoms with Gasteiger partial charge in [0.2, 0.25) is 0 Å². The Morgan fingerprint density at radius 3 is 2.64 bits per heavy atom. The van der Waals surface area contributed by atoms with Crippen molar-refractivity contribution in [3.63, 3.8) is 0 Å². The van der Waals surface area contributed by atoms with E-state index in [2.05, 4.69) is 35.9 Å². The van der Waals surface area contributed by atoms with E-state index in [1.165, 1.54) is 18.4 Å². The van der Waals surface area contributed by atoms with Crippen LogP contribution in [0.3, 0.4) is 0 Å². The summed E-state index contributed by atoms with van der Waals surface area (Å²) in [5, 5.41) is 0. The monoisotopic (exact) mass is 417 g/mol. The van der Waals surface area contributed by atoms with Crippen LogP contribution < -0.4 is 10.5 Å². The van der Waals surface area contributed by atoms with Crippen LogP contribution in [0.1, 0.15) is 37.8 Å². The highest BCUT2D eigenvalue weighted by Crippen LogP contribution is 2.20. The van der Waals surface area contributed by atoms with Gasteiger partial charge in [-0.05, 0) is 49.8 Å². The first-order valence-electron chi connectivity index (χ1n) is 7.87. The summed E-state index contributed by atoms with van der Waals surface area (Å²) < 4.78 is 5.55. The lowest BCUT2D eigenvalue weighted by molar-refractivity contribution is 0.277. The summed E-state index contributed by atoms with van der Waals surface area (Å²) in [6.45, 7) is 9.74. The third kappa shape index (κ3) is 5.34. The molecule has 0 bridgehead atoms. The number of piperidine rings is 1. The minimum Gasteiger partial charge on any atom is -0.494 e. The smallest absolute Gasteiger partial charge is 0.191 e. The number of aryl methyl sites for hydroxylation is 1. The maximum Gasteiger partial charge on any atom is 0.191 e. The van der Waals surface area contributed by atoms with Crippen molar-refractivity contribution in [3.05, 3.63) is 29.3 Å². The number of hydrogen-bond donors (Lipinski definition) is 1. The third-order valence-corrected chi connectivity index (χ3v) is 4.07. The van der Waals surface area contributed by atoms with Crippen LogP contribution in [0.5, 0.6) is 5.75 Å². The fraction of sp³-hybridized carbons (Fsp3) is 0.588. The summed E-state index contributed by atoms with van der Waals surface area (Å²) in [6, 6.07) is 6.20. The summed E-state index contributed by atoms with van der Waals surface area (Å²) >= 11 is 0. The molecule has 1 aliphatic rings. The van der Waals surface area contributed by atoms with Crippen LogP contribution in [-0.2, 0) is 6.54 Å². The summed E-state index contributed by atoms with van der Waals surface area (Å²) in [4.78, 5) is 6.74. The summed E-state index contributed by atoms with van der Waals surface area (Å²) in [7, 11) is 0. The lowest BCUT2D eigenvalue weighted by atomic mass is 10.00. The highest BCUT2D eigenvalue weighted by Gasteiger charge is 2.16. The number of aliphatic imine (C=N–C) groups is 1. The molecule has 124 valence electrons. The van der Waals surface area contributed by atoms with E-state index in [0.717, 1.165) is 30.3 Å². The Balaban J connectivity index is 0.00000242. The second kappa shape index (κ2) is 9.22. The molecule has 0 aliphatic carbocycles. The van der Waals surface area contributed by atoms with Crippen molar-refractivity contribution in [1.29, 1.82) is 0 Å². The molecule has 0 aromatic heterocycles. The predicted octanol–water partition coefficient (Wildman–Crippen LogP) is 3.56. The van der Waals surface area contributed by atoms with Gasteiger partial charge < -0.3 is 15.4 Å². The van der Waals surface area contributed by atoms with Crippen LogP contribution in [0.2, 0.25) is 0 Å². The van der Waals surface area contributed by atoms with Gasteiger partial charge in [0, 0.05) is 13.1 Å². The maximum atomic E-state index is 6.11. The number of benzene rings is 1. The minimum atomic E-state index is 0. The molecule has 1 aromatic carbocycles. The van der Waals surface area contributed by atoms with Gasteiger partial charge in [-0.2, -0.15) is 0 Å². The quantitative estimate of drug-likeness (QED) is 0.463. The SMILES string of the molecule is CCOc1ccc(CN=C(N)N2CCC(C)CC2)cc1C.I. The standard InChI is InChI=1S/C17H27N3O.HI/c1-4-21-16-6-5-15(11-14(16)3)12-19-17(18)20-9-7-13(2)8-10-20;/h5-6,11,13H,4,7-10,12H2,1-3H3,(H2,18,19);1H. The zero-order valence-electron chi connectivity index (χ0n) is 13.8. The molecule has 0 atom stereocenters. The first-order chi connectivity index (χ1) is 10.1. The van der Waals surface area contributed by atoms with Crippen molar-refractivity contribution in [2.75, 3.05) is 19.7 Å². The van der Waals surface area contributed by atoms with E-state index in [1.807, 2.05) is 13.0 Å². The van der Waals surface area contributed by atoms with Crippen molar-refractivity contribution in [1.82, 2.24) is 4.90 Å². The Hall–Kier alpha value is -0.980. The van der Waals surface area contributed by atoms with Crippen LogP contribution in [0.25, 0.3) is 0 Å². The Kier molecular flexibility index (Phi) is 8.00. The number of likely N-dealkylation sites (tertiary alicyclic amines) is 1. The number of hydrogen-bond acceptors (Lipinski definition) is 2. The Morgan fingerprint density at radius 2 is 2.05 bits per heavy atom. The average molecular weight is 417 g/mol. The number of rotatable bonds is 4. The van der Waals surface area contributed by atoms with Crippen molar-refractivity contribution in [3.8, 4) is 5.75 Å². The molecule has 5 heteroatoms. The number of ether oxygens (including phenoxy) is 1. The highest BCUT2D eigenvalue weighted by molar-refractivity contribution is 14.0. The van der Waals surface area contributed by atoms with E-state index >= 15 is 0 Å². The normalized spacial score (nSPS) is 16.3. The van der Waals surface area contributed by atoms with E-state index < -0.39 is 0 Å². The second-order valence-electron chi connectivity index (χ2n) is 5.88. The van der Waals surface area contributed by atoms with Gasteiger partial charge in [-0.15, -0.1) is 24.0 Å². The first kappa shape index (κ1) is 19.1. The molecule has 4 nitrogen and oxygen atoms in total. The summed E-state index contributed by atoms with van der Waals surface area (Å²) in [6.07, 6.45) is 2.41. The zero-order chi connectivity index (χ0) is 15.2. The van der Waals surface area contributed by atoms with Crippen LogP contribution in [0.15, 0.2) is 23.2 Å². The van der Waals surface area contributed by atoms with Gasteiger partial charge in [-0.25, -0.2) is 4.99 Å². The van der Waals surface area contributed by atoms with Gasteiger partial charge in [0.25, 0.3) is 0 Å². The van der Waals surface area contributed by atoms with Gasteiger partial charge in [0.15, 0.2) is 5.96 Å². The summed E-state index contributed by atoms with van der Waals surface area (Å²) in [5.41, 5.74) is 8.43. The Morgan fingerprint density at radius 1 is 1.36 bits per heavy atom. The molecule has 1 aromatic rings. The van der Waals surface area contributed by atoms with Gasteiger partial charge in [0.05, 0.1) is 13.2 Å². The minimum absolute atomic E-state index is 0. The second-order valence-corrected chi connectivity index (χ2v) is 5.88. The topological polar surface area (TPSA) is 50.9 Å². The summed E-state index contributed by atoms with van der Waals surface area (Å²) in [5.74, 6) is 2.43. The van der Waals surface area contributed by atoms with E-state index in [-0.39, 0.29) is 24.0 Å². The average Bonchev–Trinajstić information content (AvgIpc) is 2.48. The molecule has 2 N–H and O–H groups in total.